The van der Waals surface area contributed by atoms with E-state index in [1.54, 1.807) is 6.92 Å². The van der Waals surface area contributed by atoms with Crippen molar-refractivity contribution in [3.63, 3.8) is 0 Å². The van der Waals surface area contributed by atoms with Crippen molar-refractivity contribution in [2.75, 3.05) is 0 Å². The molecule has 0 saturated heterocycles. The van der Waals surface area contributed by atoms with E-state index in [4.69, 9.17) is 4.79 Å². The van der Waals surface area contributed by atoms with Crippen LogP contribution >= 0.6 is 0 Å². The molecule has 0 bridgehead atoms. The van der Waals surface area contributed by atoms with E-state index in [9.17, 15) is 4.79 Å². The molecule has 2 heteroatoms. The second-order valence-corrected chi connectivity index (χ2v) is 1.34. The van der Waals surface area contributed by atoms with E-state index < -0.39 is 0 Å². The Hall–Kier alpha value is -1.18. The average molecular weight is 126 g/mol. The van der Waals surface area contributed by atoms with Crippen molar-refractivity contribution < 1.29 is 9.59 Å². The standard InChI is InChI=1S/C4H6O.C3H4O/c1-4(2)3-5;1-2-3-4/h3H,1H2,2H3;2-3H,1H2. The molecule has 0 N–H and O–H groups in total. The van der Waals surface area contributed by atoms with E-state index in [2.05, 4.69) is 13.2 Å². The Labute approximate surface area is 54.9 Å². The Kier molecular flexibility index (Phi) is 11.9. The molecule has 0 aliphatic carbocycles. The van der Waals surface area contributed by atoms with E-state index in [0.29, 0.717) is 11.9 Å². The minimum Gasteiger partial charge on any atom is -0.299 e. The zero-order chi connectivity index (χ0) is 7.70. The van der Waals surface area contributed by atoms with Crippen LogP contribution in [0.4, 0.5) is 0 Å². The monoisotopic (exact) mass is 126 g/mol. The van der Waals surface area contributed by atoms with E-state index in [0.717, 1.165) is 6.29 Å². The van der Waals surface area contributed by atoms with Gasteiger partial charge in [-0.25, -0.2) is 0 Å². The minimum atomic E-state index is 0.574. The molecule has 0 unspecified atom stereocenters. The van der Waals surface area contributed by atoms with Crippen molar-refractivity contribution in [3.05, 3.63) is 24.8 Å². The van der Waals surface area contributed by atoms with Crippen LogP contribution in [0, 0.1) is 0 Å². The molecule has 9 heavy (non-hydrogen) atoms. The molecule has 0 atom stereocenters. The molecule has 0 amide bonds. The molecule has 0 aromatic rings. The number of carbonyl (C=O) groups is 2. The zero-order valence-electron chi connectivity index (χ0n) is 5.46. The molecule has 0 rings (SSSR count). The molecule has 2 nitrogen and oxygen atoms in total. The fraction of sp³-hybridized carbons (Fsp3) is 0.143. The van der Waals surface area contributed by atoms with Gasteiger partial charge in [0.05, 0.1) is 0 Å². The van der Waals surface area contributed by atoms with Gasteiger partial charge >= 0.3 is 0 Å². The Balaban J connectivity index is 0. The predicted octanol–water partition coefficient (Wildman–Crippen LogP) is 1.13. The van der Waals surface area contributed by atoms with Crippen LogP contribution in [-0.4, -0.2) is 12.6 Å². The van der Waals surface area contributed by atoms with Gasteiger partial charge in [0.2, 0.25) is 0 Å². The van der Waals surface area contributed by atoms with Crippen LogP contribution in [-0.2, 0) is 9.59 Å². The lowest BCUT2D eigenvalue weighted by atomic mass is 10.4. The fourth-order valence-corrected chi connectivity index (χ4v) is 0. The van der Waals surface area contributed by atoms with Crippen molar-refractivity contribution >= 4 is 12.6 Å². The van der Waals surface area contributed by atoms with Crippen LogP contribution in [0.2, 0.25) is 0 Å². The van der Waals surface area contributed by atoms with Crippen molar-refractivity contribution in [3.8, 4) is 0 Å². The van der Waals surface area contributed by atoms with Gasteiger partial charge in [0.25, 0.3) is 0 Å². The lowest BCUT2D eigenvalue weighted by Crippen LogP contribution is -1.65. The Morgan fingerprint density at radius 3 is 1.67 bits per heavy atom. The van der Waals surface area contributed by atoms with Gasteiger partial charge in [-0.15, -0.1) is 0 Å². The summed E-state index contributed by atoms with van der Waals surface area (Å²) in [5.41, 5.74) is 0.574. The van der Waals surface area contributed by atoms with Crippen molar-refractivity contribution in [2.45, 2.75) is 6.92 Å². The van der Waals surface area contributed by atoms with Gasteiger partial charge in [-0.05, 0) is 18.6 Å². The van der Waals surface area contributed by atoms with Gasteiger partial charge in [0.1, 0.15) is 12.6 Å². The first kappa shape index (κ1) is 10.7. The summed E-state index contributed by atoms with van der Waals surface area (Å²) in [7, 11) is 0. The maximum atomic E-state index is 9.41. The normalized spacial score (nSPS) is 5.89. The van der Waals surface area contributed by atoms with Gasteiger partial charge in [0, 0.05) is 0 Å². The second-order valence-electron chi connectivity index (χ2n) is 1.34. The highest BCUT2D eigenvalue weighted by molar-refractivity contribution is 5.70. The van der Waals surface area contributed by atoms with Gasteiger partial charge in [-0.1, -0.05) is 13.2 Å². The highest BCUT2D eigenvalue weighted by Crippen LogP contribution is 1.70. The Morgan fingerprint density at radius 1 is 1.44 bits per heavy atom. The van der Waals surface area contributed by atoms with Crippen molar-refractivity contribution in [1.29, 1.82) is 0 Å². The molecule has 0 aromatic carbocycles. The summed E-state index contributed by atoms with van der Waals surface area (Å²) in [4.78, 5) is 18.5. The molecule has 0 aliphatic rings. The summed E-state index contributed by atoms with van der Waals surface area (Å²) in [6, 6.07) is 0. The van der Waals surface area contributed by atoms with Crippen molar-refractivity contribution in [2.24, 2.45) is 0 Å². The zero-order valence-corrected chi connectivity index (χ0v) is 5.46. The number of aldehydes is 2. The summed E-state index contributed by atoms with van der Waals surface area (Å²) in [5, 5.41) is 0. The van der Waals surface area contributed by atoms with Gasteiger partial charge in [0.15, 0.2) is 0 Å². The maximum Gasteiger partial charge on any atom is 0.145 e. The van der Waals surface area contributed by atoms with Crippen LogP contribution in [0.5, 0.6) is 0 Å². The largest absolute Gasteiger partial charge is 0.299 e. The molecule has 0 heterocycles. The molecular formula is C7H10O2. The molecule has 0 aliphatic heterocycles. The first-order valence-electron chi connectivity index (χ1n) is 2.36. The number of hydrogen-bond acceptors (Lipinski definition) is 2. The summed E-state index contributed by atoms with van der Waals surface area (Å²) in [6.07, 6.45) is 2.56. The highest BCUT2D eigenvalue weighted by atomic mass is 16.1. The third kappa shape index (κ3) is 47.8. The Morgan fingerprint density at radius 2 is 1.67 bits per heavy atom. The van der Waals surface area contributed by atoms with E-state index in [1.165, 1.54) is 6.08 Å². The summed E-state index contributed by atoms with van der Waals surface area (Å²) in [6.45, 7) is 8.08. The third-order valence-electron chi connectivity index (χ3n) is 0.297. The molecule has 0 saturated carbocycles. The first-order valence-corrected chi connectivity index (χ1v) is 2.36. The van der Waals surface area contributed by atoms with E-state index in [1.807, 2.05) is 0 Å². The van der Waals surface area contributed by atoms with Gasteiger partial charge in [-0.2, -0.15) is 0 Å². The predicted molar refractivity (Wildman–Crippen MR) is 37.1 cm³/mol. The Bertz CT molecular complexity index is 108. The molecule has 0 aromatic heterocycles. The third-order valence-corrected chi connectivity index (χ3v) is 0.297. The van der Waals surface area contributed by atoms with Crippen LogP contribution in [0.3, 0.4) is 0 Å². The number of rotatable bonds is 2. The van der Waals surface area contributed by atoms with Crippen LogP contribution in [0.1, 0.15) is 6.92 Å². The minimum absolute atomic E-state index is 0.574. The molecule has 0 fully saturated rings. The van der Waals surface area contributed by atoms with Gasteiger partial charge in [-0.3, -0.25) is 9.59 Å². The van der Waals surface area contributed by atoms with Gasteiger partial charge < -0.3 is 0 Å². The highest BCUT2D eigenvalue weighted by Gasteiger charge is 1.66. The number of allylic oxidation sites excluding steroid dienone is 2. The first-order chi connectivity index (χ1) is 4.18. The van der Waals surface area contributed by atoms with Crippen LogP contribution < -0.4 is 0 Å². The smallest absolute Gasteiger partial charge is 0.145 e. The van der Waals surface area contributed by atoms with E-state index in [-0.39, 0.29) is 0 Å². The van der Waals surface area contributed by atoms with E-state index >= 15 is 0 Å². The quantitative estimate of drug-likeness (QED) is 0.410. The average Bonchev–Trinajstić information content (AvgIpc) is 1.89. The lowest BCUT2D eigenvalue weighted by Gasteiger charge is -1.65. The van der Waals surface area contributed by atoms with Crippen molar-refractivity contribution in [1.82, 2.24) is 0 Å². The van der Waals surface area contributed by atoms with Crippen LogP contribution in [0.25, 0.3) is 0 Å². The molecule has 0 radical (unpaired) electrons. The molecule has 0 spiro atoms. The summed E-state index contributed by atoms with van der Waals surface area (Å²) < 4.78 is 0. The second kappa shape index (κ2) is 9.94. The topological polar surface area (TPSA) is 34.1 Å². The SMILES string of the molecule is C=C(C)C=O.C=CC=O. The lowest BCUT2D eigenvalue weighted by molar-refractivity contribution is -0.105. The molecule has 50 valence electrons. The summed E-state index contributed by atoms with van der Waals surface area (Å²) >= 11 is 0. The summed E-state index contributed by atoms with van der Waals surface area (Å²) in [5.74, 6) is 0. The van der Waals surface area contributed by atoms with Crippen LogP contribution in [0.15, 0.2) is 24.8 Å². The maximum absolute atomic E-state index is 9.41. The molecular weight excluding hydrogens is 116 g/mol. The number of hydrogen-bond donors (Lipinski definition) is 0. The fourth-order valence-electron chi connectivity index (χ4n) is 0. The number of carbonyl (C=O) groups excluding carboxylic acids is 2.